The van der Waals surface area contributed by atoms with Crippen LogP contribution in [0.5, 0.6) is 0 Å². The fourth-order valence-electron chi connectivity index (χ4n) is 2.27. The zero-order valence-corrected chi connectivity index (χ0v) is 7.96. The molecular formula is C12H15F. The van der Waals surface area contributed by atoms with Gasteiger partial charge in [-0.1, -0.05) is 24.3 Å². The lowest BCUT2D eigenvalue weighted by Gasteiger charge is -2.26. The first kappa shape index (κ1) is 8.74. The Balaban J connectivity index is 2.37. The Bertz CT molecular complexity index is 291. The minimum absolute atomic E-state index is 0.143. The van der Waals surface area contributed by atoms with Gasteiger partial charge in [-0.3, -0.25) is 0 Å². The maximum absolute atomic E-state index is 13.3. The Morgan fingerprint density at radius 2 is 2.15 bits per heavy atom. The van der Waals surface area contributed by atoms with Crippen LogP contribution in [0.3, 0.4) is 0 Å². The summed E-state index contributed by atoms with van der Waals surface area (Å²) in [6.45, 7) is 1.67. The summed E-state index contributed by atoms with van der Waals surface area (Å²) in [5, 5.41) is 0. The van der Waals surface area contributed by atoms with Crippen molar-refractivity contribution in [2.45, 2.75) is 38.3 Å². The lowest BCUT2D eigenvalue weighted by Crippen LogP contribution is -2.16. The molecule has 2 unspecified atom stereocenters. The minimum atomic E-state index is -0.707. The standard InChI is InChI=1S/C12H15F/c1-9(13)11-8-4-6-10-5-2-3-7-12(10)11/h2-3,5,7,9,11H,4,6,8H2,1H3. The number of rotatable bonds is 1. The van der Waals surface area contributed by atoms with Crippen LogP contribution in [0.25, 0.3) is 0 Å². The van der Waals surface area contributed by atoms with Crippen LogP contribution in [-0.4, -0.2) is 6.17 Å². The molecule has 0 aliphatic heterocycles. The lowest BCUT2D eigenvalue weighted by atomic mass is 9.81. The van der Waals surface area contributed by atoms with Gasteiger partial charge in [0.15, 0.2) is 0 Å². The fourth-order valence-corrected chi connectivity index (χ4v) is 2.27. The largest absolute Gasteiger partial charge is 0.247 e. The van der Waals surface area contributed by atoms with Crippen LogP contribution in [0.15, 0.2) is 24.3 Å². The second kappa shape index (κ2) is 3.49. The van der Waals surface area contributed by atoms with Crippen molar-refractivity contribution in [2.75, 3.05) is 0 Å². The van der Waals surface area contributed by atoms with E-state index in [0.29, 0.717) is 0 Å². The molecule has 0 heterocycles. The Morgan fingerprint density at radius 3 is 2.92 bits per heavy atom. The summed E-state index contributed by atoms with van der Waals surface area (Å²) in [5.74, 6) is 0.143. The van der Waals surface area contributed by atoms with Crippen molar-refractivity contribution >= 4 is 0 Å². The summed E-state index contributed by atoms with van der Waals surface area (Å²) in [6, 6.07) is 8.27. The summed E-state index contributed by atoms with van der Waals surface area (Å²) in [5.41, 5.74) is 2.59. The Hall–Kier alpha value is -0.850. The molecule has 2 rings (SSSR count). The van der Waals surface area contributed by atoms with Crippen LogP contribution in [-0.2, 0) is 6.42 Å². The Labute approximate surface area is 78.8 Å². The van der Waals surface area contributed by atoms with Crippen molar-refractivity contribution in [2.24, 2.45) is 0 Å². The summed E-state index contributed by atoms with van der Waals surface area (Å²) in [6.07, 6.45) is 2.56. The third kappa shape index (κ3) is 1.60. The third-order valence-electron chi connectivity index (χ3n) is 2.97. The molecule has 70 valence electrons. The molecule has 0 bridgehead atoms. The number of alkyl halides is 1. The van der Waals surface area contributed by atoms with Gasteiger partial charge in [0.05, 0.1) is 0 Å². The number of halogens is 1. The van der Waals surface area contributed by atoms with Gasteiger partial charge >= 0.3 is 0 Å². The van der Waals surface area contributed by atoms with Crippen molar-refractivity contribution in [1.29, 1.82) is 0 Å². The first-order valence-corrected chi connectivity index (χ1v) is 5.01. The zero-order chi connectivity index (χ0) is 9.26. The molecule has 0 N–H and O–H groups in total. The van der Waals surface area contributed by atoms with E-state index in [1.54, 1.807) is 6.92 Å². The van der Waals surface area contributed by atoms with Crippen molar-refractivity contribution in [3.05, 3.63) is 35.4 Å². The van der Waals surface area contributed by atoms with E-state index < -0.39 is 6.17 Å². The van der Waals surface area contributed by atoms with Gasteiger partial charge in [-0.25, -0.2) is 4.39 Å². The van der Waals surface area contributed by atoms with E-state index in [9.17, 15) is 4.39 Å². The van der Waals surface area contributed by atoms with Gasteiger partial charge in [0, 0.05) is 5.92 Å². The van der Waals surface area contributed by atoms with Gasteiger partial charge in [-0.2, -0.15) is 0 Å². The topological polar surface area (TPSA) is 0 Å². The quantitative estimate of drug-likeness (QED) is 0.617. The van der Waals surface area contributed by atoms with E-state index in [1.807, 2.05) is 12.1 Å². The first-order chi connectivity index (χ1) is 6.29. The summed E-state index contributed by atoms with van der Waals surface area (Å²) >= 11 is 0. The van der Waals surface area contributed by atoms with Crippen molar-refractivity contribution in [3.8, 4) is 0 Å². The molecule has 0 radical (unpaired) electrons. The van der Waals surface area contributed by atoms with Crippen molar-refractivity contribution in [1.82, 2.24) is 0 Å². The average molecular weight is 178 g/mol. The smallest absolute Gasteiger partial charge is 0.104 e. The minimum Gasteiger partial charge on any atom is -0.247 e. The number of hydrogen-bond acceptors (Lipinski definition) is 0. The first-order valence-electron chi connectivity index (χ1n) is 5.01. The molecule has 2 atom stereocenters. The molecule has 13 heavy (non-hydrogen) atoms. The fraction of sp³-hybridized carbons (Fsp3) is 0.500. The molecular weight excluding hydrogens is 163 g/mol. The highest BCUT2D eigenvalue weighted by molar-refractivity contribution is 5.33. The van der Waals surface area contributed by atoms with Crippen LogP contribution in [0.1, 0.15) is 36.8 Å². The van der Waals surface area contributed by atoms with Crippen molar-refractivity contribution < 1.29 is 4.39 Å². The molecule has 0 fully saturated rings. The molecule has 1 aromatic rings. The van der Waals surface area contributed by atoms with Gasteiger partial charge < -0.3 is 0 Å². The van der Waals surface area contributed by atoms with Crippen LogP contribution < -0.4 is 0 Å². The van der Waals surface area contributed by atoms with Crippen molar-refractivity contribution in [3.63, 3.8) is 0 Å². The third-order valence-corrected chi connectivity index (χ3v) is 2.97. The number of hydrogen-bond donors (Lipinski definition) is 0. The molecule has 0 aromatic heterocycles. The summed E-state index contributed by atoms with van der Waals surface area (Å²) < 4.78 is 13.3. The highest BCUT2D eigenvalue weighted by Crippen LogP contribution is 2.34. The van der Waals surface area contributed by atoms with Gasteiger partial charge in [-0.15, -0.1) is 0 Å². The summed E-state index contributed by atoms with van der Waals surface area (Å²) in [4.78, 5) is 0. The highest BCUT2D eigenvalue weighted by Gasteiger charge is 2.24. The van der Waals surface area contributed by atoms with Gasteiger partial charge in [0.2, 0.25) is 0 Å². The molecule has 1 aliphatic carbocycles. The molecule has 0 spiro atoms. The number of aryl methyl sites for hydroxylation is 1. The predicted octanol–water partition coefficient (Wildman–Crippen LogP) is 3.46. The number of fused-ring (bicyclic) bond motifs is 1. The van der Waals surface area contributed by atoms with Crippen LogP contribution in [0, 0.1) is 0 Å². The van der Waals surface area contributed by atoms with Gasteiger partial charge in [-0.05, 0) is 37.3 Å². The van der Waals surface area contributed by atoms with E-state index in [4.69, 9.17) is 0 Å². The van der Waals surface area contributed by atoms with Crippen LogP contribution >= 0.6 is 0 Å². The Morgan fingerprint density at radius 1 is 1.38 bits per heavy atom. The van der Waals surface area contributed by atoms with Crippen LogP contribution in [0.4, 0.5) is 4.39 Å². The normalized spacial score (nSPS) is 23.7. The molecule has 1 aromatic carbocycles. The lowest BCUT2D eigenvalue weighted by molar-refractivity contribution is 0.284. The highest BCUT2D eigenvalue weighted by atomic mass is 19.1. The maximum Gasteiger partial charge on any atom is 0.104 e. The predicted molar refractivity (Wildman–Crippen MR) is 52.7 cm³/mol. The average Bonchev–Trinajstić information content (AvgIpc) is 2.17. The van der Waals surface area contributed by atoms with Gasteiger partial charge in [0.1, 0.15) is 6.17 Å². The molecule has 0 amide bonds. The molecule has 0 saturated carbocycles. The van der Waals surface area contributed by atoms with E-state index in [0.717, 1.165) is 19.3 Å². The zero-order valence-electron chi connectivity index (χ0n) is 7.96. The SMILES string of the molecule is CC(F)C1CCCc2ccccc21. The van der Waals surface area contributed by atoms with E-state index in [1.165, 1.54) is 11.1 Å². The second-order valence-corrected chi connectivity index (χ2v) is 3.88. The molecule has 0 nitrogen and oxygen atoms in total. The van der Waals surface area contributed by atoms with Crippen LogP contribution in [0.2, 0.25) is 0 Å². The Kier molecular flexibility index (Phi) is 2.34. The van der Waals surface area contributed by atoms with E-state index in [-0.39, 0.29) is 5.92 Å². The maximum atomic E-state index is 13.3. The van der Waals surface area contributed by atoms with E-state index in [2.05, 4.69) is 12.1 Å². The van der Waals surface area contributed by atoms with Gasteiger partial charge in [0.25, 0.3) is 0 Å². The monoisotopic (exact) mass is 178 g/mol. The summed E-state index contributed by atoms with van der Waals surface area (Å²) in [7, 11) is 0. The van der Waals surface area contributed by atoms with E-state index >= 15 is 0 Å². The molecule has 0 saturated heterocycles. The molecule has 1 aliphatic rings. The number of benzene rings is 1. The molecule has 1 heteroatoms. The second-order valence-electron chi connectivity index (χ2n) is 3.88.